The Hall–Kier alpha value is -2.34. The zero-order valence-corrected chi connectivity index (χ0v) is 16.7. The van der Waals surface area contributed by atoms with Gasteiger partial charge in [-0.15, -0.1) is 0 Å². The van der Waals surface area contributed by atoms with E-state index < -0.39 is 10.0 Å². The molecule has 1 N–H and O–H groups in total. The van der Waals surface area contributed by atoms with E-state index in [4.69, 9.17) is 0 Å². The third-order valence-corrected chi connectivity index (χ3v) is 6.30. The fourth-order valence-corrected chi connectivity index (χ4v) is 3.59. The van der Waals surface area contributed by atoms with Crippen LogP contribution < -0.4 is 9.62 Å². The molecule has 2 rings (SSSR count). The highest BCUT2D eigenvalue weighted by molar-refractivity contribution is 7.92. The first-order chi connectivity index (χ1) is 12.2. The predicted molar refractivity (Wildman–Crippen MR) is 106 cm³/mol. The molecule has 0 aliphatic rings. The molecule has 0 unspecified atom stereocenters. The van der Waals surface area contributed by atoms with Gasteiger partial charge in [-0.3, -0.25) is 9.10 Å². The van der Waals surface area contributed by atoms with Gasteiger partial charge < -0.3 is 5.32 Å². The number of carbonyl (C=O) groups is 1. The van der Waals surface area contributed by atoms with Crippen molar-refractivity contribution in [3.05, 3.63) is 64.7 Å². The third kappa shape index (κ3) is 4.43. The summed E-state index contributed by atoms with van der Waals surface area (Å²) < 4.78 is 25.1. The van der Waals surface area contributed by atoms with Gasteiger partial charge in [0.05, 0.1) is 17.5 Å². The molecule has 1 amide bonds. The average molecular weight is 375 g/mol. The number of hydrogen-bond donors (Lipinski definition) is 1. The SMILES string of the molecule is CCS(=O)(=O)N(C)c1ccc(C(=O)N[C@H](C)c2cc(C)ccc2C)cc1. The average Bonchev–Trinajstić information content (AvgIpc) is 2.63. The monoisotopic (exact) mass is 374 g/mol. The smallest absolute Gasteiger partial charge is 0.251 e. The molecule has 0 fully saturated rings. The fourth-order valence-electron chi connectivity index (χ4n) is 2.76. The number of rotatable bonds is 6. The lowest BCUT2D eigenvalue weighted by molar-refractivity contribution is 0.0940. The van der Waals surface area contributed by atoms with E-state index in [1.807, 2.05) is 32.9 Å². The van der Waals surface area contributed by atoms with E-state index in [0.717, 1.165) is 16.7 Å². The molecule has 0 aliphatic carbocycles. The van der Waals surface area contributed by atoms with Gasteiger partial charge in [0.15, 0.2) is 0 Å². The van der Waals surface area contributed by atoms with Gasteiger partial charge in [0, 0.05) is 12.6 Å². The van der Waals surface area contributed by atoms with E-state index in [0.29, 0.717) is 11.3 Å². The lowest BCUT2D eigenvalue weighted by Crippen LogP contribution is -2.29. The molecule has 2 aromatic rings. The zero-order chi connectivity index (χ0) is 19.5. The van der Waals surface area contributed by atoms with Crippen molar-refractivity contribution in [1.29, 1.82) is 0 Å². The number of amides is 1. The van der Waals surface area contributed by atoms with Gasteiger partial charge >= 0.3 is 0 Å². The first-order valence-electron chi connectivity index (χ1n) is 8.60. The Bertz CT molecular complexity index is 890. The molecule has 1 atom stereocenters. The molecule has 0 aromatic heterocycles. The highest BCUT2D eigenvalue weighted by Gasteiger charge is 2.17. The molecule has 6 heteroatoms. The largest absolute Gasteiger partial charge is 0.346 e. The predicted octanol–water partition coefficient (Wildman–Crippen LogP) is 3.58. The molecule has 26 heavy (non-hydrogen) atoms. The number of hydrogen-bond acceptors (Lipinski definition) is 3. The molecule has 0 aliphatic heterocycles. The minimum Gasteiger partial charge on any atom is -0.346 e. The van der Waals surface area contributed by atoms with Gasteiger partial charge in [0.2, 0.25) is 10.0 Å². The first-order valence-corrected chi connectivity index (χ1v) is 10.2. The number of aryl methyl sites for hydroxylation is 2. The maximum absolute atomic E-state index is 12.5. The Labute approximate surface area is 156 Å². The van der Waals surface area contributed by atoms with Crippen LogP contribution in [0.25, 0.3) is 0 Å². The summed E-state index contributed by atoms with van der Waals surface area (Å²) in [6.07, 6.45) is 0. The lowest BCUT2D eigenvalue weighted by Gasteiger charge is -2.19. The van der Waals surface area contributed by atoms with Crippen LogP contribution in [0.4, 0.5) is 5.69 Å². The molecule has 2 aromatic carbocycles. The van der Waals surface area contributed by atoms with Crippen molar-refractivity contribution >= 4 is 21.6 Å². The molecule has 5 nitrogen and oxygen atoms in total. The summed E-state index contributed by atoms with van der Waals surface area (Å²) in [6.45, 7) is 7.60. The molecular formula is C20H26N2O3S. The molecule has 0 spiro atoms. The van der Waals surface area contributed by atoms with E-state index >= 15 is 0 Å². The van der Waals surface area contributed by atoms with Crippen LogP contribution in [-0.4, -0.2) is 27.1 Å². The topological polar surface area (TPSA) is 66.5 Å². The first kappa shape index (κ1) is 20.0. The summed E-state index contributed by atoms with van der Waals surface area (Å²) in [7, 11) is -1.81. The number of anilines is 1. The molecule has 0 heterocycles. The number of nitrogens with one attached hydrogen (secondary N) is 1. The van der Waals surface area contributed by atoms with E-state index in [9.17, 15) is 13.2 Å². The number of sulfonamides is 1. The Balaban J connectivity index is 2.14. The lowest BCUT2D eigenvalue weighted by atomic mass is 9.99. The Morgan fingerprint density at radius 2 is 1.73 bits per heavy atom. The van der Waals surface area contributed by atoms with Crippen molar-refractivity contribution in [2.75, 3.05) is 17.1 Å². The van der Waals surface area contributed by atoms with Crippen LogP contribution in [0.15, 0.2) is 42.5 Å². The summed E-state index contributed by atoms with van der Waals surface area (Å²) in [6, 6.07) is 12.6. The van der Waals surface area contributed by atoms with Gasteiger partial charge in [0.25, 0.3) is 5.91 Å². The minimum atomic E-state index is -3.32. The highest BCUT2D eigenvalue weighted by Crippen LogP contribution is 2.21. The normalized spacial score (nSPS) is 12.5. The summed E-state index contributed by atoms with van der Waals surface area (Å²) in [5.41, 5.74) is 4.39. The maximum Gasteiger partial charge on any atom is 0.251 e. The second kappa shape index (κ2) is 7.91. The molecule has 0 radical (unpaired) electrons. The van der Waals surface area contributed by atoms with E-state index in [1.165, 1.54) is 11.4 Å². The van der Waals surface area contributed by atoms with Crippen LogP contribution in [-0.2, 0) is 10.0 Å². The molecule has 0 saturated heterocycles. The van der Waals surface area contributed by atoms with Crippen LogP contribution >= 0.6 is 0 Å². The Morgan fingerprint density at radius 3 is 2.31 bits per heavy atom. The summed E-state index contributed by atoms with van der Waals surface area (Å²) in [5, 5.41) is 3.00. The van der Waals surface area contributed by atoms with Gasteiger partial charge in [-0.25, -0.2) is 8.42 Å². The molecule has 0 saturated carbocycles. The number of carbonyl (C=O) groups excluding carboxylic acids is 1. The molecular weight excluding hydrogens is 348 g/mol. The van der Waals surface area contributed by atoms with Crippen LogP contribution in [0.2, 0.25) is 0 Å². The van der Waals surface area contributed by atoms with Gasteiger partial charge in [-0.1, -0.05) is 23.8 Å². The van der Waals surface area contributed by atoms with Crippen molar-refractivity contribution in [3.8, 4) is 0 Å². The quantitative estimate of drug-likeness (QED) is 0.840. The standard InChI is InChI=1S/C20H26N2O3S/c1-6-26(24,25)22(5)18-11-9-17(10-12-18)20(23)21-16(4)19-13-14(2)7-8-15(19)3/h7-13,16H,6H2,1-5H3,(H,21,23)/t16-/m1/s1. The van der Waals surface area contributed by atoms with Crippen molar-refractivity contribution in [1.82, 2.24) is 5.32 Å². The highest BCUT2D eigenvalue weighted by atomic mass is 32.2. The summed E-state index contributed by atoms with van der Waals surface area (Å²) in [5.74, 6) is -0.162. The zero-order valence-electron chi connectivity index (χ0n) is 15.9. The Morgan fingerprint density at radius 1 is 1.12 bits per heavy atom. The second-order valence-corrected chi connectivity index (χ2v) is 8.76. The van der Waals surface area contributed by atoms with Crippen molar-refractivity contribution in [2.45, 2.75) is 33.7 Å². The molecule has 140 valence electrons. The van der Waals surface area contributed by atoms with Crippen LogP contribution in [0.1, 0.15) is 46.9 Å². The van der Waals surface area contributed by atoms with Gasteiger partial charge in [-0.2, -0.15) is 0 Å². The Kier molecular flexibility index (Phi) is 6.08. The van der Waals surface area contributed by atoms with Crippen molar-refractivity contribution in [3.63, 3.8) is 0 Å². The fraction of sp³-hybridized carbons (Fsp3) is 0.350. The number of benzene rings is 2. The van der Waals surface area contributed by atoms with E-state index in [1.54, 1.807) is 31.2 Å². The summed E-state index contributed by atoms with van der Waals surface area (Å²) >= 11 is 0. The number of nitrogens with zero attached hydrogens (tertiary/aromatic N) is 1. The van der Waals surface area contributed by atoms with Gasteiger partial charge in [-0.05, 0) is 63.1 Å². The van der Waals surface area contributed by atoms with Crippen LogP contribution in [0.3, 0.4) is 0 Å². The van der Waals surface area contributed by atoms with Crippen LogP contribution in [0.5, 0.6) is 0 Å². The van der Waals surface area contributed by atoms with Crippen molar-refractivity contribution < 1.29 is 13.2 Å². The summed E-state index contributed by atoms with van der Waals surface area (Å²) in [4.78, 5) is 12.5. The van der Waals surface area contributed by atoms with E-state index in [2.05, 4.69) is 11.4 Å². The van der Waals surface area contributed by atoms with Crippen molar-refractivity contribution in [2.24, 2.45) is 0 Å². The third-order valence-electron chi connectivity index (χ3n) is 4.52. The van der Waals surface area contributed by atoms with Crippen LogP contribution in [0, 0.1) is 13.8 Å². The second-order valence-electron chi connectivity index (χ2n) is 6.47. The maximum atomic E-state index is 12.5. The van der Waals surface area contributed by atoms with Gasteiger partial charge in [0.1, 0.15) is 0 Å². The van der Waals surface area contributed by atoms with E-state index in [-0.39, 0.29) is 17.7 Å². The minimum absolute atomic E-state index is 0.0269. The molecule has 0 bridgehead atoms.